The Balaban J connectivity index is 1.71. The van der Waals surface area contributed by atoms with Crippen molar-refractivity contribution in [3.05, 3.63) is 45.6 Å². The number of piperidine rings is 1. The molecule has 23 heavy (non-hydrogen) atoms. The van der Waals surface area contributed by atoms with E-state index in [9.17, 15) is 15.2 Å². The van der Waals surface area contributed by atoms with Crippen LogP contribution in [0, 0.1) is 16.0 Å². The number of pyridine rings is 1. The fourth-order valence-corrected chi connectivity index (χ4v) is 3.04. The monoisotopic (exact) mass is 337 g/mol. The third kappa shape index (κ3) is 3.27. The van der Waals surface area contributed by atoms with Gasteiger partial charge in [0, 0.05) is 37.7 Å². The van der Waals surface area contributed by atoms with Crippen molar-refractivity contribution in [1.29, 1.82) is 0 Å². The largest absolute Gasteiger partial charge is 0.385 e. The third-order valence-corrected chi connectivity index (χ3v) is 4.30. The first-order chi connectivity index (χ1) is 11.1. The third-order valence-electron chi connectivity index (χ3n) is 4.10. The minimum Gasteiger partial charge on any atom is -0.385 e. The molecule has 0 saturated carbocycles. The van der Waals surface area contributed by atoms with Crippen molar-refractivity contribution in [3.63, 3.8) is 0 Å². The van der Waals surface area contributed by atoms with Gasteiger partial charge in [-0.1, -0.05) is 11.6 Å². The van der Waals surface area contributed by atoms with Crippen LogP contribution in [-0.4, -0.2) is 38.1 Å². The predicted octanol–water partition coefficient (Wildman–Crippen LogP) is 2.32. The van der Waals surface area contributed by atoms with E-state index in [1.165, 1.54) is 12.3 Å². The first-order valence-electron chi connectivity index (χ1n) is 7.28. The quantitative estimate of drug-likeness (QED) is 0.654. The first-order valence-corrected chi connectivity index (χ1v) is 7.66. The zero-order valence-electron chi connectivity index (χ0n) is 12.2. The van der Waals surface area contributed by atoms with Gasteiger partial charge in [-0.2, -0.15) is 0 Å². The Hall–Kier alpha value is -2.19. The van der Waals surface area contributed by atoms with Crippen LogP contribution >= 0.6 is 11.6 Å². The van der Waals surface area contributed by atoms with Crippen LogP contribution in [0.5, 0.6) is 0 Å². The Bertz CT molecular complexity index is 686. The minimum atomic E-state index is -0.652. The summed E-state index contributed by atoms with van der Waals surface area (Å²) in [6, 6.07) is 1.31. The molecule has 1 atom stereocenters. The molecule has 2 aromatic heterocycles. The van der Waals surface area contributed by atoms with Crippen LogP contribution in [0.1, 0.15) is 24.8 Å². The SMILES string of the molecule is O=[N+]([O-])c1cc(Cl)cnc1N1CCC(C(O)c2ncc[nH]2)CC1. The molecule has 3 heterocycles. The molecule has 1 fully saturated rings. The number of nitrogens with one attached hydrogen (secondary N) is 1. The molecule has 122 valence electrons. The molecule has 1 aliphatic heterocycles. The van der Waals surface area contributed by atoms with Gasteiger partial charge in [-0.3, -0.25) is 10.1 Å². The van der Waals surface area contributed by atoms with Gasteiger partial charge in [0.25, 0.3) is 0 Å². The maximum absolute atomic E-state index is 11.2. The molecule has 0 radical (unpaired) electrons. The minimum absolute atomic E-state index is 0.0590. The van der Waals surface area contributed by atoms with E-state index in [1.54, 1.807) is 12.4 Å². The number of hydrogen-bond donors (Lipinski definition) is 2. The molecule has 0 bridgehead atoms. The van der Waals surface area contributed by atoms with E-state index in [1.807, 2.05) is 4.90 Å². The maximum atomic E-state index is 11.2. The molecular formula is C14H16ClN5O3. The summed E-state index contributed by atoms with van der Waals surface area (Å²) in [7, 11) is 0. The van der Waals surface area contributed by atoms with E-state index in [0.29, 0.717) is 37.6 Å². The van der Waals surface area contributed by atoms with Crippen molar-refractivity contribution in [3.8, 4) is 0 Å². The second kappa shape index (κ2) is 6.51. The van der Waals surface area contributed by atoms with Crippen LogP contribution in [-0.2, 0) is 0 Å². The van der Waals surface area contributed by atoms with Gasteiger partial charge in [-0.25, -0.2) is 9.97 Å². The molecule has 2 aromatic rings. The first kappa shape index (κ1) is 15.7. The number of anilines is 1. The molecular weight excluding hydrogens is 322 g/mol. The van der Waals surface area contributed by atoms with Crippen molar-refractivity contribution >= 4 is 23.1 Å². The number of aliphatic hydroxyl groups is 1. The summed E-state index contributed by atoms with van der Waals surface area (Å²) in [6.07, 6.45) is 5.43. The normalized spacial score (nSPS) is 17.2. The van der Waals surface area contributed by atoms with Gasteiger partial charge in [-0.05, 0) is 18.8 Å². The molecule has 9 heteroatoms. The number of hydrogen-bond acceptors (Lipinski definition) is 6. The number of nitro groups is 1. The van der Waals surface area contributed by atoms with Crippen LogP contribution < -0.4 is 4.90 Å². The number of rotatable bonds is 4. The Morgan fingerprint density at radius 2 is 2.17 bits per heavy atom. The van der Waals surface area contributed by atoms with E-state index in [0.717, 1.165) is 0 Å². The Morgan fingerprint density at radius 1 is 1.43 bits per heavy atom. The summed E-state index contributed by atoms with van der Waals surface area (Å²) >= 11 is 5.79. The lowest BCUT2D eigenvalue weighted by Crippen LogP contribution is -2.36. The van der Waals surface area contributed by atoms with Crippen LogP contribution in [0.25, 0.3) is 0 Å². The molecule has 8 nitrogen and oxygen atoms in total. The van der Waals surface area contributed by atoms with Gasteiger partial charge in [-0.15, -0.1) is 0 Å². The predicted molar refractivity (Wildman–Crippen MR) is 84.4 cm³/mol. The Kier molecular flexibility index (Phi) is 4.44. The number of aromatic amines is 1. The zero-order valence-corrected chi connectivity index (χ0v) is 13.0. The number of aliphatic hydroxyl groups excluding tert-OH is 1. The fourth-order valence-electron chi connectivity index (χ4n) is 2.89. The number of halogens is 1. The smallest absolute Gasteiger partial charge is 0.313 e. The highest BCUT2D eigenvalue weighted by molar-refractivity contribution is 6.30. The summed E-state index contributed by atoms with van der Waals surface area (Å²) < 4.78 is 0. The van der Waals surface area contributed by atoms with Gasteiger partial charge in [0.15, 0.2) is 0 Å². The van der Waals surface area contributed by atoms with Gasteiger partial charge in [0.05, 0.1) is 9.95 Å². The van der Waals surface area contributed by atoms with E-state index in [2.05, 4.69) is 15.0 Å². The lowest BCUT2D eigenvalue weighted by molar-refractivity contribution is -0.384. The lowest BCUT2D eigenvalue weighted by Gasteiger charge is -2.34. The van der Waals surface area contributed by atoms with E-state index < -0.39 is 11.0 Å². The van der Waals surface area contributed by atoms with Gasteiger partial charge in [0.1, 0.15) is 11.9 Å². The average Bonchev–Trinajstić information content (AvgIpc) is 3.09. The summed E-state index contributed by atoms with van der Waals surface area (Å²) in [6.45, 7) is 1.16. The number of H-pyrrole nitrogens is 1. The van der Waals surface area contributed by atoms with Crippen LogP contribution in [0.4, 0.5) is 11.5 Å². The number of aromatic nitrogens is 3. The molecule has 2 N–H and O–H groups in total. The zero-order chi connectivity index (χ0) is 16.4. The molecule has 0 spiro atoms. The number of imidazole rings is 1. The highest BCUT2D eigenvalue weighted by atomic mass is 35.5. The summed E-state index contributed by atoms with van der Waals surface area (Å²) in [5, 5.41) is 21.7. The van der Waals surface area contributed by atoms with Gasteiger partial charge in [0.2, 0.25) is 5.82 Å². The van der Waals surface area contributed by atoms with Crippen molar-refractivity contribution < 1.29 is 10.0 Å². The summed E-state index contributed by atoms with van der Waals surface area (Å²) in [4.78, 5) is 23.7. The van der Waals surface area contributed by atoms with Crippen molar-refractivity contribution in [1.82, 2.24) is 15.0 Å². The second-order valence-electron chi connectivity index (χ2n) is 5.50. The van der Waals surface area contributed by atoms with E-state index in [4.69, 9.17) is 11.6 Å². The Morgan fingerprint density at radius 3 is 2.78 bits per heavy atom. The van der Waals surface area contributed by atoms with E-state index >= 15 is 0 Å². The van der Waals surface area contributed by atoms with Crippen molar-refractivity contribution in [2.45, 2.75) is 18.9 Å². The second-order valence-corrected chi connectivity index (χ2v) is 5.93. The van der Waals surface area contributed by atoms with Gasteiger partial charge < -0.3 is 15.0 Å². The molecule has 0 aliphatic carbocycles. The van der Waals surface area contributed by atoms with Crippen LogP contribution in [0.3, 0.4) is 0 Å². The molecule has 1 aliphatic rings. The topological polar surface area (TPSA) is 108 Å². The maximum Gasteiger partial charge on any atom is 0.313 e. The van der Waals surface area contributed by atoms with Crippen LogP contribution in [0.2, 0.25) is 5.02 Å². The standard InChI is InChI=1S/C14H16ClN5O3/c15-10-7-11(20(22)23)14(18-8-10)19-5-1-9(2-6-19)12(21)13-16-3-4-17-13/h3-4,7-9,12,21H,1-2,5-6H2,(H,16,17). The average molecular weight is 338 g/mol. The lowest BCUT2D eigenvalue weighted by atomic mass is 9.91. The van der Waals surface area contributed by atoms with E-state index in [-0.39, 0.29) is 16.6 Å². The van der Waals surface area contributed by atoms with Gasteiger partial charge >= 0.3 is 5.69 Å². The number of nitrogens with zero attached hydrogens (tertiary/aromatic N) is 4. The molecule has 0 amide bonds. The molecule has 0 aromatic carbocycles. The highest BCUT2D eigenvalue weighted by Crippen LogP contribution is 2.34. The fraction of sp³-hybridized carbons (Fsp3) is 0.429. The Labute approximate surface area is 137 Å². The summed E-state index contributed by atoms with van der Waals surface area (Å²) in [5.41, 5.74) is -0.0949. The highest BCUT2D eigenvalue weighted by Gasteiger charge is 2.30. The molecule has 3 rings (SSSR count). The van der Waals surface area contributed by atoms with Crippen molar-refractivity contribution in [2.24, 2.45) is 5.92 Å². The van der Waals surface area contributed by atoms with Crippen LogP contribution in [0.15, 0.2) is 24.7 Å². The molecule has 1 unspecified atom stereocenters. The molecule has 1 saturated heterocycles. The van der Waals surface area contributed by atoms with Crippen molar-refractivity contribution in [2.75, 3.05) is 18.0 Å². The summed E-state index contributed by atoms with van der Waals surface area (Å²) in [5.74, 6) is 0.938.